The van der Waals surface area contributed by atoms with Crippen LogP contribution in [0.2, 0.25) is 4.34 Å². The van der Waals surface area contributed by atoms with Crippen molar-refractivity contribution in [3.05, 3.63) is 33.0 Å². The van der Waals surface area contributed by atoms with Crippen LogP contribution >= 0.6 is 22.9 Å². The normalized spacial score (nSPS) is 30.6. The van der Waals surface area contributed by atoms with E-state index in [-0.39, 0.29) is 17.4 Å². The Kier molecular flexibility index (Phi) is 4.69. The van der Waals surface area contributed by atoms with Crippen LogP contribution in [0.15, 0.2) is 23.8 Å². The summed E-state index contributed by atoms with van der Waals surface area (Å²) in [6.45, 7) is 3.72. The van der Waals surface area contributed by atoms with Gasteiger partial charge in [0.15, 0.2) is 0 Å². The summed E-state index contributed by atoms with van der Waals surface area (Å²) in [4.78, 5) is 15.9. The Labute approximate surface area is 151 Å². The van der Waals surface area contributed by atoms with Crippen molar-refractivity contribution >= 4 is 28.8 Å². The third kappa shape index (κ3) is 2.81. The number of hydrogen-bond donors (Lipinski definition) is 0. The standard InChI is InChI=1S/C18H22ClNO3S/c19-16-3-2-14(24-16)17(21)20-8-1-7-18(12-23-11-6-15(18)20)13-4-9-22-10-5-13/h2-4,15H,1,5-12H2/t15-,18-/m0/s1. The number of likely N-dealkylation sites (tertiary alicyclic amines) is 1. The van der Waals surface area contributed by atoms with Crippen LogP contribution in [0.4, 0.5) is 0 Å². The number of amides is 1. The Balaban J connectivity index is 1.66. The Bertz CT molecular complexity index is 654. The molecule has 6 heteroatoms. The summed E-state index contributed by atoms with van der Waals surface area (Å²) >= 11 is 7.41. The van der Waals surface area contributed by atoms with E-state index in [4.69, 9.17) is 21.1 Å². The zero-order valence-corrected chi connectivity index (χ0v) is 15.2. The summed E-state index contributed by atoms with van der Waals surface area (Å²) in [7, 11) is 0. The highest BCUT2D eigenvalue weighted by Crippen LogP contribution is 2.48. The monoisotopic (exact) mass is 367 g/mol. The van der Waals surface area contributed by atoms with E-state index in [1.165, 1.54) is 16.9 Å². The van der Waals surface area contributed by atoms with E-state index in [2.05, 4.69) is 11.0 Å². The van der Waals surface area contributed by atoms with Crippen molar-refractivity contribution in [2.75, 3.05) is 33.0 Å². The smallest absolute Gasteiger partial charge is 0.264 e. The molecule has 4 nitrogen and oxygen atoms in total. The number of halogens is 1. The molecule has 2 fully saturated rings. The maximum Gasteiger partial charge on any atom is 0.264 e. The Morgan fingerprint density at radius 3 is 3.00 bits per heavy atom. The number of carbonyl (C=O) groups is 1. The lowest BCUT2D eigenvalue weighted by molar-refractivity contribution is -0.0738. The minimum Gasteiger partial charge on any atom is -0.380 e. The minimum atomic E-state index is -0.0308. The lowest BCUT2D eigenvalue weighted by Gasteiger charge is -2.54. The Hall–Kier alpha value is -0.880. The van der Waals surface area contributed by atoms with Gasteiger partial charge in [0, 0.05) is 24.6 Å². The number of nitrogens with zero attached hydrogens (tertiary/aromatic N) is 1. The fraction of sp³-hybridized carbons (Fsp3) is 0.611. The average molecular weight is 368 g/mol. The van der Waals surface area contributed by atoms with Gasteiger partial charge in [-0.15, -0.1) is 11.3 Å². The number of hydrogen-bond acceptors (Lipinski definition) is 4. The van der Waals surface area contributed by atoms with E-state index in [1.807, 2.05) is 12.1 Å². The van der Waals surface area contributed by atoms with Gasteiger partial charge in [0.1, 0.15) is 0 Å². The van der Waals surface area contributed by atoms with Crippen LogP contribution in [0.5, 0.6) is 0 Å². The number of piperidine rings is 1. The molecule has 4 heterocycles. The van der Waals surface area contributed by atoms with E-state index in [1.54, 1.807) is 0 Å². The van der Waals surface area contributed by atoms with Crippen LogP contribution in [0.1, 0.15) is 35.4 Å². The topological polar surface area (TPSA) is 38.8 Å². The van der Waals surface area contributed by atoms with Gasteiger partial charge in [-0.1, -0.05) is 23.3 Å². The van der Waals surface area contributed by atoms with E-state index in [0.29, 0.717) is 10.9 Å². The summed E-state index contributed by atoms with van der Waals surface area (Å²) < 4.78 is 12.1. The van der Waals surface area contributed by atoms with Gasteiger partial charge in [-0.25, -0.2) is 0 Å². The molecule has 0 bridgehead atoms. The lowest BCUT2D eigenvalue weighted by atomic mass is 9.65. The van der Waals surface area contributed by atoms with Crippen molar-refractivity contribution < 1.29 is 14.3 Å². The van der Waals surface area contributed by atoms with Crippen LogP contribution in [0.3, 0.4) is 0 Å². The molecule has 3 aliphatic rings. The van der Waals surface area contributed by atoms with Crippen LogP contribution < -0.4 is 0 Å². The van der Waals surface area contributed by atoms with Crippen molar-refractivity contribution in [2.24, 2.45) is 5.41 Å². The van der Waals surface area contributed by atoms with Gasteiger partial charge in [0.2, 0.25) is 0 Å². The number of ether oxygens (including phenoxy) is 2. The van der Waals surface area contributed by atoms with E-state index in [9.17, 15) is 4.79 Å². The molecule has 0 radical (unpaired) electrons. The molecule has 3 aliphatic heterocycles. The lowest BCUT2D eigenvalue weighted by Crippen LogP contribution is -2.59. The predicted octanol–water partition coefficient (Wildman–Crippen LogP) is 3.76. The quantitative estimate of drug-likeness (QED) is 0.747. The first kappa shape index (κ1) is 16.6. The van der Waals surface area contributed by atoms with E-state index in [0.717, 1.165) is 56.9 Å². The zero-order chi connectivity index (χ0) is 16.6. The van der Waals surface area contributed by atoms with Gasteiger partial charge in [-0.2, -0.15) is 0 Å². The SMILES string of the molecule is O=C(c1ccc(Cl)s1)N1CCC[C@@]2(C3=CCOCC3)COCC[C@H]12. The summed E-state index contributed by atoms with van der Waals surface area (Å²) in [6, 6.07) is 3.87. The van der Waals surface area contributed by atoms with Crippen molar-refractivity contribution in [1.29, 1.82) is 0 Å². The number of thiophene rings is 1. The molecule has 0 aliphatic carbocycles. The molecular formula is C18H22ClNO3S. The molecule has 4 rings (SSSR count). The highest BCUT2D eigenvalue weighted by molar-refractivity contribution is 7.17. The molecule has 0 N–H and O–H groups in total. The molecular weight excluding hydrogens is 346 g/mol. The molecule has 1 aromatic heterocycles. The third-order valence-corrected chi connectivity index (χ3v) is 6.80. The zero-order valence-electron chi connectivity index (χ0n) is 13.6. The van der Waals surface area contributed by atoms with Crippen molar-refractivity contribution in [1.82, 2.24) is 4.90 Å². The van der Waals surface area contributed by atoms with Crippen LogP contribution in [0, 0.1) is 5.41 Å². The largest absolute Gasteiger partial charge is 0.380 e. The van der Waals surface area contributed by atoms with Gasteiger partial charge in [0.05, 0.1) is 29.0 Å². The first-order valence-electron chi connectivity index (χ1n) is 8.62. The Morgan fingerprint density at radius 1 is 1.33 bits per heavy atom. The van der Waals surface area contributed by atoms with Crippen LogP contribution in [0.25, 0.3) is 0 Å². The van der Waals surface area contributed by atoms with Gasteiger partial charge >= 0.3 is 0 Å². The van der Waals surface area contributed by atoms with Crippen LogP contribution in [-0.2, 0) is 9.47 Å². The molecule has 1 amide bonds. The molecule has 2 saturated heterocycles. The third-order valence-electron chi connectivity index (χ3n) is 5.58. The van der Waals surface area contributed by atoms with Gasteiger partial charge in [0.25, 0.3) is 5.91 Å². The van der Waals surface area contributed by atoms with Crippen molar-refractivity contribution in [3.63, 3.8) is 0 Å². The first-order valence-corrected chi connectivity index (χ1v) is 9.81. The summed E-state index contributed by atoms with van der Waals surface area (Å²) in [5.41, 5.74) is 1.40. The molecule has 0 unspecified atom stereocenters. The van der Waals surface area contributed by atoms with Crippen molar-refractivity contribution in [3.8, 4) is 0 Å². The highest BCUT2D eigenvalue weighted by Gasteiger charge is 2.50. The van der Waals surface area contributed by atoms with E-state index >= 15 is 0 Å². The number of fused-ring (bicyclic) bond motifs is 1. The van der Waals surface area contributed by atoms with Gasteiger partial charge in [-0.3, -0.25) is 4.79 Å². The maximum absolute atomic E-state index is 13.1. The molecule has 130 valence electrons. The molecule has 0 aromatic carbocycles. The second kappa shape index (κ2) is 6.79. The van der Waals surface area contributed by atoms with Crippen LogP contribution in [-0.4, -0.2) is 49.8 Å². The summed E-state index contributed by atoms with van der Waals surface area (Å²) in [5.74, 6) is 0.121. The second-order valence-corrected chi connectivity index (χ2v) is 8.49. The average Bonchev–Trinajstić information content (AvgIpc) is 3.07. The molecule has 1 aromatic rings. The number of carbonyl (C=O) groups excluding carboxylic acids is 1. The maximum atomic E-state index is 13.1. The van der Waals surface area contributed by atoms with Gasteiger partial charge in [-0.05, 0) is 37.8 Å². The Morgan fingerprint density at radius 2 is 2.25 bits per heavy atom. The predicted molar refractivity (Wildman–Crippen MR) is 94.8 cm³/mol. The molecule has 0 saturated carbocycles. The first-order chi connectivity index (χ1) is 11.7. The van der Waals surface area contributed by atoms with E-state index < -0.39 is 0 Å². The molecule has 0 spiro atoms. The fourth-order valence-corrected chi connectivity index (χ4v) is 5.49. The second-order valence-electron chi connectivity index (χ2n) is 6.77. The fourth-order valence-electron chi connectivity index (χ4n) is 4.50. The molecule has 2 atom stereocenters. The van der Waals surface area contributed by atoms with Gasteiger partial charge < -0.3 is 14.4 Å². The minimum absolute atomic E-state index is 0.0308. The summed E-state index contributed by atoms with van der Waals surface area (Å²) in [6.07, 6.45) is 6.19. The van der Waals surface area contributed by atoms with Crippen molar-refractivity contribution in [2.45, 2.75) is 31.7 Å². The summed E-state index contributed by atoms with van der Waals surface area (Å²) in [5, 5.41) is 0. The molecule has 24 heavy (non-hydrogen) atoms. The highest BCUT2D eigenvalue weighted by atomic mass is 35.5. The number of rotatable bonds is 2.